The van der Waals surface area contributed by atoms with E-state index >= 15 is 0 Å². The predicted molar refractivity (Wildman–Crippen MR) is 60.3 cm³/mol. The van der Waals surface area contributed by atoms with E-state index in [1.165, 1.54) is 11.8 Å². The molecule has 1 aromatic rings. The van der Waals surface area contributed by atoms with E-state index in [1.54, 1.807) is 0 Å². The van der Waals surface area contributed by atoms with Crippen LogP contribution in [-0.2, 0) is 0 Å². The normalized spacial score (nSPS) is 9.86. The van der Waals surface area contributed by atoms with E-state index in [1.807, 2.05) is 13.2 Å². The molecule has 6 heteroatoms. The second-order valence-electron chi connectivity index (χ2n) is 2.53. The predicted octanol–water partition coefficient (Wildman–Crippen LogP) is 1.21. The fraction of sp³-hybridized carbons (Fsp3) is 0.375. The summed E-state index contributed by atoms with van der Waals surface area (Å²) < 4.78 is 0. The number of nitrogen functional groups attached to an aromatic ring is 1. The number of nitrogens with two attached hydrogens (primary N) is 1. The first-order chi connectivity index (χ1) is 6.72. The molecule has 76 valence electrons. The second kappa shape index (κ2) is 4.80. The molecule has 0 bridgehead atoms. The Kier molecular flexibility index (Phi) is 3.70. The Morgan fingerprint density at radius 1 is 1.57 bits per heavy atom. The number of rotatable bonds is 4. The van der Waals surface area contributed by atoms with Gasteiger partial charge >= 0.3 is 0 Å². The van der Waals surface area contributed by atoms with Gasteiger partial charge in [-0.3, -0.25) is 0 Å². The fourth-order valence-corrected chi connectivity index (χ4v) is 1.37. The van der Waals surface area contributed by atoms with Gasteiger partial charge in [-0.25, -0.2) is 9.97 Å². The van der Waals surface area contributed by atoms with Crippen molar-refractivity contribution in [2.24, 2.45) is 0 Å². The molecular formula is C8H13N5S. The molecule has 0 fully saturated rings. The molecule has 0 aliphatic rings. The van der Waals surface area contributed by atoms with Gasteiger partial charge in [0.15, 0.2) is 5.16 Å². The molecule has 0 saturated heterocycles. The maximum absolute atomic E-state index is 7.20. The van der Waals surface area contributed by atoms with Gasteiger partial charge in [0.05, 0.1) is 5.56 Å². The molecule has 4 N–H and O–H groups in total. The highest BCUT2D eigenvalue weighted by molar-refractivity contribution is 7.98. The SMILES string of the molecule is CCNc1nc(SC)nc(N)c1C=N. The number of nitrogens with zero attached hydrogens (tertiary/aromatic N) is 2. The lowest BCUT2D eigenvalue weighted by atomic mass is 10.3. The summed E-state index contributed by atoms with van der Waals surface area (Å²) in [4.78, 5) is 8.27. The third kappa shape index (κ3) is 2.14. The first-order valence-corrected chi connectivity index (χ1v) is 5.41. The van der Waals surface area contributed by atoms with Gasteiger partial charge in [0.1, 0.15) is 11.6 Å². The van der Waals surface area contributed by atoms with Crippen molar-refractivity contribution >= 4 is 29.6 Å². The third-order valence-corrected chi connectivity index (χ3v) is 2.17. The fourth-order valence-electron chi connectivity index (χ4n) is 1.00. The van der Waals surface area contributed by atoms with Gasteiger partial charge in [-0.2, -0.15) is 0 Å². The molecule has 0 aliphatic heterocycles. The minimum absolute atomic E-state index is 0.343. The Morgan fingerprint density at radius 3 is 2.79 bits per heavy atom. The highest BCUT2D eigenvalue weighted by atomic mass is 32.2. The van der Waals surface area contributed by atoms with Crippen molar-refractivity contribution in [2.75, 3.05) is 23.9 Å². The van der Waals surface area contributed by atoms with Crippen LogP contribution in [0.5, 0.6) is 0 Å². The minimum Gasteiger partial charge on any atom is -0.383 e. The topological polar surface area (TPSA) is 87.7 Å². The van der Waals surface area contributed by atoms with E-state index in [4.69, 9.17) is 11.1 Å². The second-order valence-corrected chi connectivity index (χ2v) is 3.31. The van der Waals surface area contributed by atoms with Crippen LogP contribution in [0, 0.1) is 5.41 Å². The number of thioether (sulfide) groups is 1. The summed E-state index contributed by atoms with van der Waals surface area (Å²) in [5, 5.41) is 10.9. The molecule has 1 aromatic heterocycles. The van der Waals surface area contributed by atoms with Crippen molar-refractivity contribution in [1.82, 2.24) is 9.97 Å². The number of aromatic nitrogens is 2. The Hall–Kier alpha value is -1.30. The Labute approximate surface area is 87.0 Å². The molecule has 14 heavy (non-hydrogen) atoms. The van der Waals surface area contributed by atoms with Crippen molar-refractivity contribution in [2.45, 2.75) is 12.1 Å². The molecule has 0 atom stereocenters. The molecule has 0 spiro atoms. The van der Waals surface area contributed by atoms with Crippen LogP contribution < -0.4 is 11.1 Å². The van der Waals surface area contributed by atoms with E-state index in [-0.39, 0.29) is 0 Å². The van der Waals surface area contributed by atoms with Crippen molar-refractivity contribution in [3.8, 4) is 0 Å². The highest BCUT2D eigenvalue weighted by Gasteiger charge is 2.08. The van der Waals surface area contributed by atoms with Gasteiger partial charge in [0.2, 0.25) is 0 Å². The maximum atomic E-state index is 7.20. The van der Waals surface area contributed by atoms with Crippen LogP contribution >= 0.6 is 11.8 Å². The number of hydrogen-bond donors (Lipinski definition) is 3. The Balaban J connectivity index is 3.20. The summed E-state index contributed by atoms with van der Waals surface area (Å²) >= 11 is 1.42. The van der Waals surface area contributed by atoms with Crippen LogP contribution in [0.1, 0.15) is 12.5 Å². The molecule has 5 nitrogen and oxygen atoms in total. The lowest BCUT2D eigenvalue weighted by Crippen LogP contribution is -2.08. The zero-order chi connectivity index (χ0) is 10.6. The lowest BCUT2D eigenvalue weighted by Gasteiger charge is -2.09. The zero-order valence-corrected chi connectivity index (χ0v) is 8.98. The standard InChI is InChI=1S/C8H13N5S/c1-3-11-7-5(4-9)6(10)12-8(13-7)14-2/h4,9H,3H2,1-2H3,(H3,10,11,12,13). The molecule has 0 radical (unpaired) electrons. The summed E-state index contributed by atoms with van der Waals surface area (Å²) in [6.45, 7) is 2.70. The van der Waals surface area contributed by atoms with Crippen molar-refractivity contribution < 1.29 is 0 Å². The third-order valence-electron chi connectivity index (χ3n) is 1.63. The average molecular weight is 211 g/mol. The molecule has 0 saturated carbocycles. The molecule has 0 unspecified atom stereocenters. The zero-order valence-electron chi connectivity index (χ0n) is 8.16. The number of anilines is 2. The van der Waals surface area contributed by atoms with E-state index in [9.17, 15) is 0 Å². The Bertz CT molecular complexity index is 339. The summed E-state index contributed by atoms with van der Waals surface area (Å²) in [5.41, 5.74) is 6.23. The molecule has 1 rings (SSSR count). The minimum atomic E-state index is 0.343. The van der Waals surface area contributed by atoms with E-state index in [0.29, 0.717) is 22.4 Å². The smallest absolute Gasteiger partial charge is 0.191 e. The number of hydrogen-bond acceptors (Lipinski definition) is 6. The van der Waals surface area contributed by atoms with Crippen LogP contribution in [-0.4, -0.2) is 29.0 Å². The van der Waals surface area contributed by atoms with Gasteiger partial charge in [-0.05, 0) is 13.2 Å². The molecule has 0 amide bonds. The highest BCUT2D eigenvalue weighted by Crippen LogP contribution is 2.20. The summed E-state index contributed by atoms with van der Waals surface area (Å²) in [5.74, 6) is 0.967. The van der Waals surface area contributed by atoms with Gasteiger partial charge in [0, 0.05) is 12.8 Å². The van der Waals surface area contributed by atoms with Crippen LogP contribution in [0.25, 0.3) is 0 Å². The monoisotopic (exact) mass is 211 g/mol. The molecular weight excluding hydrogens is 198 g/mol. The molecule has 0 aromatic carbocycles. The van der Waals surface area contributed by atoms with E-state index in [2.05, 4.69) is 15.3 Å². The van der Waals surface area contributed by atoms with E-state index < -0.39 is 0 Å². The summed E-state index contributed by atoms with van der Waals surface area (Å²) in [6.07, 6.45) is 3.05. The first kappa shape index (κ1) is 10.8. The quantitative estimate of drug-likeness (QED) is 0.396. The van der Waals surface area contributed by atoms with Crippen molar-refractivity contribution in [3.63, 3.8) is 0 Å². The van der Waals surface area contributed by atoms with E-state index in [0.717, 1.165) is 12.8 Å². The van der Waals surface area contributed by atoms with Crippen LogP contribution in [0.15, 0.2) is 5.16 Å². The van der Waals surface area contributed by atoms with Crippen LogP contribution in [0.3, 0.4) is 0 Å². The van der Waals surface area contributed by atoms with Gasteiger partial charge in [0.25, 0.3) is 0 Å². The molecule has 1 heterocycles. The average Bonchev–Trinajstić information content (AvgIpc) is 2.18. The van der Waals surface area contributed by atoms with Crippen molar-refractivity contribution in [3.05, 3.63) is 5.56 Å². The maximum Gasteiger partial charge on any atom is 0.191 e. The van der Waals surface area contributed by atoms with Crippen molar-refractivity contribution in [1.29, 1.82) is 5.41 Å². The van der Waals surface area contributed by atoms with Crippen LogP contribution in [0.2, 0.25) is 0 Å². The van der Waals surface area contributed by atoms with Gasteiger partial charge in [-0.1, -0.05) is 11.8 Å². The lowest BCUT2D eigenvalue weighted by molar-refractivity contribution is 0.967. The largest absolute Gasteiger partial charge is 0.383 e. The van der Waals surface area contributed by atoms with Gasteiger partial charge < -0.3 is 16.5 Å². The van der Waals surface area contributed by atoms with Gasteiger partial charge in [-0.15, -0.1) is 0 Å². The summed E-state index contributed by atoms with van der Waals surface area (Å²) in [6, 6.07) is 0. The number of nitrogens with one attached hydrogen (secondary N) is 2. The Morgan fingerprint density at radius 2 is 2.29 bits per heavy atom. The first-order valence-electron chi connectivity index (χ1n) is 4.18. The van der Waals surface area contributed by atoms with Crippen LogP contribution in [0.4, 0.5) is 11.6 Å². The molecule has 0 aliphatic carbocycles. The summed E-state index contributed by atoms with van der Waals surface area (Å²) in [7, 11) is 0.